The minimum atomic E-state index is -0.529. The van der Waals surface area contributed by atoms with Crippen LogP contribution >= 0.6 is 0 Å². The van der Waals surface area contributed by atoms with Crippen molar-refractivity contribution in [1.82, 2.24) is 4.90 Å². The SMILES string of the molecule is C[C@@H]1C[C@@H](C)CN(C(=O)COC(=O)c2ccc3c(c2)OCCO3)C1. The fraction of sp³-hybridized carbons (Fsp3) is 0.556. The van der Waals surface area contributed by atoms with Gasteiger partial charge in [-0.15, -0.1) is 0 Å². The van der Waals surface area contributed by atoms with E-state index in [-0.39, 0.29) is 12.5 Å². The Labute approximate surface area is 141 Å². The summed E-state index contributed by atoms with van der Waals surface area (Å²) in [6.45, 7) is 6.45. The Balaban J connectivity index is 1.56. The van der Waals surface area contributed by atoms with Gasteiger partial charge in [0.1, 0.15) is 13.2 Å². The van der Waals surface area contributed by atoms with Crippen molar-refractivity contribution in [3.05, 3.63) is 23.8 Å². The minimum absolute atomic E-state index is 0.140. The van der Waals surface area contributed by atoms with Gasteiger partial charge in [-0.05, 0) is 36.5 Å². The molecule has 2 aliphatic rings. The molecule has 6 nitrogen and oxygen atoms in total. The van der Waals surface area contributed by atoms with Crippen molar-refractivity contribution in [2.45, 2.75) is 20.3 Å². The first-order valence-corrected chi connectivity index (χ1v) is 8.37. The Bertz CT molecular complexity index is 620. The highest BCUT2D eigenvalue weighted by Gasteiger charge is 2.26. The molecule has 2 heterocycles. The molecule has 1 fully saturated rings. The number of hydrogen-bond donors (Lipinski definition) is 0. The molecule has 0 saturated carbocycles. The molecule has 6 heteroatoms. The van der Waals surface area contributed by atoms with E-state index >= 15 is 0 Å². The van der Waals surface area contributed by atoms with Gasteiger partial charge in [0.25, 0.3) is 5.91 Å². The first-order chi connectivity index (χ1) is 11.5. The topological polar surface area (TPSA) is 65.1 Å². The molecule has 130 valence electrons. The maximum absolute atomic E-state index is 12.3. The van der Waals surface area contributed by atoms with Crippen LogP contribution in [0.4, 0.5) is 0 Å². The van der Waals surface area contributed by atoms with Gasteiger partial charge in [-0.1, -0.05) is 13.8 Å². The molecule has 24 heavy (non-hydrogen) atoms. The summed E-state index contributed by atoms with van der Waals surface area (Å²) in [5.41, 5.74) is 0.354. The lowest BCUT2D eigenvalue weighted by Gasteiger charge is -2.34. The van der Waals surface area contributed by atoms with Crippen molar-refractivity contribution >= 4 is 11.9 Å². The molecule has 2 atom stereocenters. The summed E-state index contributed by atoms with van der Waals surface area (Å²) in [5.74, 6) is 1.43. The summed E-state index contributed by atoms with van der Waals surface area (Å²) in [6, 6.07) is 4.89. The number of piperidine rings is 1. The van der Waals surface area contributed by atoms with Gasteiger partial charge in [0.05, 0.1) is 5.56 Å². The van der Waals surface area contributed by atoms with E-state index in [0.717, 1.165) is 19.5 Å². The molecule has 0 spiro atoms. The van der Waals surface area contributed by atoms with Crippen molar-refractivity contribution in [2.24, 2.45) is 11.8 Å². The van der Waals surface area contributed by atoms with E-state index in [4.69, 9.17) is 14.2 Å². The number of amides is 1. The van der Waals surface area contributed by atoms with E-state index in [1.807, 2.05) is 0 Å². The van der Waals surface area contributed by atoms with Crippen LogP contribution in [-0.4, -0.2) is 49.7 Å². The molecular formula is C18H23NO5. The van der Waals surface area contributed by atoms with Gasteiger partial charge in [0.2, 0.25) is 0 Å². The smallest absolute Gasteiger partial charge is 0.338 e. The quantitative estimate of drug-likeness (QED) is 0.793. The number of hydrogen-bond acceptors (Lipinski definition) is 5. The second-order valence-corrected chi connectivity index (χ2v) is 6.68. The number of ether oxygens (including phenoxy) is 3. The van der Waals surface area contributed by atoms with E-state index in [9.17, 15) is 9.59 Å². The van der Waals surface area contributed by atoms with E-state index in [1.54, 1.807) is 23.1 Å². The fourth-order valence-corrected chi connectivity index (χ4v) is 3.34. The second-order valence-electron chi connectivity index (χ2n) is 6.68. The van der Waals surface area contributed by atoms with Crippen LogP contribution in [0.3, 0.4) is 0 Å². The first kappa shape index (κ1) is 16.6. The highest BCUT2D eigenvalue weighted by molar-refractivity contribution is 5.92. The highest BCUT2D eigenvalue weighted by Crippen LogP contribution is 2.31. The highest BCUT2D eigenvalue weighted by atomic mass is 16.6. The zero-order valence-electron chi connectivity index (χ0n) is 14.1. The molecule has 0 bridgehead atoms. The maximum atomic E-state index is 12.3. The van der Waals surface area contributed by atoms with Gasteiger partial charge in [-0.2, -0.15) is 0 Å². The average molecular weight is 333 g/mol. The maximum Gasteiger partial charge on any atom is 0.338 e. The van der Waals surface area contributed by atoms with Crippen LogP contribution in [0.1, 0.15) is 30.6 Å². The number of rotatable bonds is 3. The largest absolute Gasteiger partial charge is 0.486 e. The molecule has 0 aromatic heterocycles. The van der Waals surface area contributed by atoms with E-state index < -0.39 is 5.97 Å². The summed E-state index contributed by atoms with van der Waals surface area (Å²) in [6.07, 6.45) is 1.13. The standard InChI is InChI=1S/C18H23NO5/c1-12-7-13(2)10-19(9-12)17(20)11-24-18(21)14-3-4-15-16(8-14)23-6-5-22-15/h3-4,8,12-13H,5-7,9-11H2,1-2H3/t12-,13-/m1/s1. The number of fused-ring (bicyclic) bond motifs is 1. The minimum Gasteiger partial charge on any atom is -0.486 e. The first-order valence-electron chi connectivity index (χ1n) is 8.37. The summed E-state index contributed by atoms with van der Waals surface area (Å²) in [7, 11) is 0. The zero-order valence-corrected chi connectivity index (χ0v) is 14.1. The van der Waals surface area contributed by atoms with Crippen molar-refractivity contribution in [3.63, 3.8) is 0 Å². The molecule has 0 radical (unpaired) electrons. The lowest BCUT2D eigenvalue weighted by Crippen LogP contribution is -2.44. The van der Waals surface area contributed by atoms with Gasteiger partial charge < -0.3 is 19.1 Å². The molecule has 1 saturated heterocycles. The third-order valence-corrected chi connectivity index (χ3v) is 4.33. The van der Waals surface area contributed by atoms with E-state index in [1.165, 1.54) is 0 Å². The van der Waals surface area contributed by atoms with Crippen LogP contribution in [0.2, 0.25) is 0 Å². The Morgan fingerprint density at radius 3 is 2.50 bits per heavy atom. The Hall–Kier alpha value is -2.24. The van der Waals surface area contributed by atoms with Crippen molar-refractivity contribution in [1.29, 1.82) is 0 Å². The summed E-state index contributed by atoms with van der Waals surface area (Å²) < 4.78 is 16.0. The predicted octanol–water partition coefficient (Wildman–Crippen LogP) is 2.12. The van der Waals surface area contributed by atoms with Crippen LogP contribution in [0.15, 0.2) is 18.2 Å². The predicted molar refractivity (Wildman–Crippen MR) is 87.2 cm³/mol. The molecule has 1 aromatic carbocycles. The molecule has 3 rings (SSSR count). The van der Waals surface area contributed by atoms with Gasteiger partial charge >= 0.3 is 5.97 Å². The summed E-state index contributed by atoms with van der Waals surface area (Å²) >= 11 is 0. The van der Waals surface area contributed by atoms with E-state index in [2.05, 4.69) is 13.8 Å². The van der Waals surface area contributed by atoms with Gasteiger partial charge in [0.15, 0.2) is 18.1 Å². The lowest BCUT2D eigenvalue weighted by atomic mass is 9.92. The van der Waals surface area contributed by atoms with Gasteiger partial charge in [-0.3, -0.25) is 4.79 Å². The molecular weight excluding hydrogens is 310 g/mol. The van der Waals surface area contributed by atoms with Crippen LogP contribution in [0, 0.1) is 11.8 Å². The van der Waals surface area contributed by atoms with Crippen LogP contribution in [0.25, 0.3) is 0 Å². The molecule has 0 N–H and O–H groups in total. The molecule has 0 aliphatic carbocycles. The monoisotopic (exact) mass is 333 g/mol. The van der Waals surface area contributed by atoms with E-state index in [0.29, 0.717) is 42.1 Å². The van der Waals surface area contributed by atoms with Crippen LogP contribution in [0.5, 0.6) is 11.5 Å². The number of carbonyl (C=O) groups is 2. The Morgan fingerprint density at radius 1 is 1.12 bits per heavy atom. The number of nitrogens with zero attached hydrogens (tertiary/aromatic N) is 1. The number of benzene rings is 1. The van der Waals surface area contributed by atoms with Crippen molar-refractivity contribution in [3.8, 4) is 11.5 Å². The summed E-state index contributed by atoms with van der Waals surface area (Å²) in [4.78, 5) is 26.2. The molecule has 2 aliphatic heterocycles. The molecule has 1 aromatic rings. The summed E-state index contributed by atoms with van der Waals surface area (Å²) in [5, 5.41) is 0. The fourth-order valence-electron chi connectivity index (χ4n) is 3.34. The second kappa shape index (κ2) is 7.11. The van der Waals surface area contributed by atoms with Crippen molar-refractivity contribution < 1.29 is 23.8 Å². The Morgan fingerprint density at radius 2 is 1.79 bits per heavy atom. The third-order valence-electron chi connectivity index (χ3n) is 4.33. The molecule has 0 unspecified atom stereocenters. The molecule has 1 amide bonds. The number of carbonyl (C=O) groups excluding carboxylic acids is 2. The Kier molecular flexibility index (Phi) is 4.92. The van der Waals surface area contributed by atoms with Crippen molar-refractivity contribution in [2.75, 3.05) is 32.9 Å². The average Bonchev–Trinajstić information content (AvgIpc) is 2.58. The zero-order chi connectivity index (χ0) is 17.1. The number of likely N-dealkylation sites (tertiary alicyclic amines) is 1. The van der Waals surface area contributed by atoms with Crippen LogP contribution < -0.4 is 9.47 Å². The van der Waals surface area contributed by atoms with Gasteiger partial charge in [0, 0.05) is 13.1 Å². The van der Waals surface area contributed by atoms with Crippen LogP contribution in [-0.2, 0) is 9.53 Å². The lowest BCUT2D eigenvalue weighted by molar-refractivity contribution is -0.137. The van der Waals surface area contributed by atoms with Gasteiger partial charge in [-0.25, -0.2) is 4.79 Å². The number of esters is 1. The third kappa shape index (κ3) is 3.80. The normalized spacial score (nSPS) is 22.8.